The lowest BCUT2D eigenvalue weighted by molar-refractivity contribution is -0.141. The zero-order valence-electron chi connectivity index (χ0n) is 15.0. The number of carbonyl (C=O) groups is 1. The van der Waals surface area contributed by atoms with Crippen molar-refractivity contribution < 1.29 is 18.0 Å². The number of anilines is 1. The van der Waals surface area contributed by atoms with Crippen LogP contribution in [-0.4, -0.2) is 25.7 Å². The second-order valence-electron chi connectivity index (χ2n) is 6.00. The Bertz CT molecular complexity index is 1090. The van der Waals surface area contributed by atoms with Crippen molar-refractivity contribution in [2.24, 2.45) is 0 Å². The summed E-state index contributed by atoms with van der Waals surface area (Å²) in [5.74, 6) is -0.0559. The Kier molecular flexibility index (Phi) is 5.04. The Balaban J connectivity index is 2.13. The summed E-state index contributed by atoms with van der Waals surface area (Å²) in [6.45, 7) is 3.23. The van der Waals surface area contributed by atoms with E-state index in [1.807, 2.05) is 0 Å². The highest BCUT2D eigenvalue weighted by atomic mass is 19.4. The van der Waals surface area contributed by atoms with Gasteiger partial charge in [-0.25, -0.2) is 4.98 Å². The molecule has 1 amide bonds. The van der Waals surface area contributed by atoms with E-state index in [9.17, 15) is 22.8 Å². The van der Waals surface area contributed by atoms with Crippen LogP contribution in [-0.2, 0) is 17.5 Å². The number of nitrogens with zero attached hydrogens (tertiary/aromatic N) is 3. The van der Waals surface area contributed by atoms with Crippen molar-refractivity contribution in [1.29, 1.82) is 0 Å². The van der Waals surface area contributed by atoms with Gasteiger partial charge in [0.1, 0.15) is 5.82 Å². The first kappa shape index (κ1) is 19.3. The van der Waals surface area contributed by atoms with Crippen molar-refractivity contribution in [3.8, 4) is 22.4 Å². The molecule has 0 aromatic carbocycles. The van der Waals surface area contributed by atoms with E-state index in [0.29, 0.717) is 11.1 Å². The van der Waals surface area contributed by atoms with E-state index in [1.54, 1.807) is 13.0 Å². The van der Waals surface area contributed by atoms with Gasteiger partial charge in [0.05, 0.1) is 5.69 Å². The number of rotatable bonds is 4. The van der Waals surface area contributed by atoms with Gasteiger partial charge < -0.3 is 10.3 Å². The first-order chi connectivity index (χ1) is 13.2. The molecule has 0 aliphatic carbocycles. The number of hydrogen-bond acceptors (Lipinski definition) is 4. The molecule has 0 spiro atoms. The van der Waals surface area contributed by atoms with Crippen LogP contribution in [0.25, 0.3) is 22.4 Å². The first-order valence-corrected chi connectivity index (χ1v) is 8.30. The molecule has 2 N–H and O–H groups in total. The maximum absolute atomic E-state index is 13.4. The van der Waals surface area contributed by atoms with E-state index in [2.05, 4.69) is 20.4 Å². The third-order valence-corrected chi connectivity index (χ3v) is 3.89. The number of amides is 1. The number of pyridine rings is 2. The van der Waals surface area contributed by atoms with Crippen LogP contribution in [0.15, 0.2) is 41.5 Å². The molecule has 0 saturated heterocycles. The van der Waals surface area contributed by atoms with Crippen molar-refractivity contribution in [2.45, 2.75) is 26.6 Å². The predicted octanol–water partition coefficient (Wildman–Crippen LogP) is 3.30. The number of aryl methyl sites for hydroxylation is 1. The third kappa shape index (κ3) is 4.11. The van der Waals surface area contributed by atoms with Crippen LogP contribution in [0.3, 0.4) is 0 Å². The van der Waals surface area contributed by atoms with Gasteiger partial charge >= 0.3 is 6.18 Å². The van der Waals surface area contributed by atoms with E-state index in [0.717, 1.165) is 4.68 Å². The largest absolute Gasteiger partial charge is 0.435 e. The van der Waals surface area contributed by atoms with E-state index in [-0.39, 0.29) is 29.5 Å². The van der Waals surface area contributed by atoms with E-state index >= 15 is 0 Å². The summed E-state index contributed by atoms with van der Waals surface area (Å²) in [5.41, 5.74) is -0.969. The summed E-state index contributed by atoms with van der Waals surface area (Å²) >= 11 is 0. The maximum atomic E-state index is 13.4. The van der Waals surface area contributed by atoms with Gasteiger partial charge in [-0.2, -0.15) is 18.3 Å². The second-order valence-corrected chi connectivity index (χ2v) is 6.00. The Morgan fingerprint density at radius 3 is 2.64 bits per heavy atom. The number of carbonyl (C=O) groups excluding carboxylic acids is 1. The van der Waals surface area contributed by atoms with E-state index < -0.39 is 17.4 Å². The molecule has 0 radical (unpaired) electrons. The molecule has 0 unspecified atom stereocenters. The molecular formula is C18H16F3N5O2. The highest BCUT2D eigenvalue weighted by Gasteiger charge is 2.37. The molecule has 146 valence electrons. The Morgan fingerprint density at radius 2 is 2.00 bits per heavy atom. The lowest BCUT2D eigenvalue weighted by atomic mass is 10.0. The number of aromatic amines is 1. The molecule has 3 aromatic rings. The smallest absolute Gasteiger partial charge is 0.322 e. The van der Waals surface area contributed by atoms with Crippen LogP contribution in [0.5, 0.6) is 0 Å². The first-order valence-electron chi connectivity index (χ1n) is 8.30. The predicted molar refractivity (Wildman–Crippen MR) is 96.5 cm³/mol. The van der Waals surface area contributed by atoms with Crippen LogP contribution < -0.4 is 10.9 Å². The Morgan fingerprint density at radius 1 is 1.25 bits per heavy atom. The summed E-state index contributed by atoms with van der Waals surface area (Å²) < 4.78 is 41.3. The second kappa shape index (κ2) is 7.29. The van der Waals surface area contributed by atoms with Gasteiger partial charge in [0.15, 0.2) is 5.69 Å². The normalized spacial score (nSPS) is 11.5. The van der Waals surface area contributed by atoms with Gasteiger partial charge in [0, 0.05) is 37.5 Å². The van der Waals surface area contributed by atoms with Crippen molar-refractivity contribution in [1.82, 2.24) is 19.7 Å². The molecule has 0 bridgehead atoms. The summed E-state index contributed by atoms with van der Waals surface area (Å²) in [4.78, 5) is 29.7. The quantitative estimate of drug-likeness (QED) is 0.714. The Labute approximate surface area is 157 Å². The monoisotopic (exact) mass is 391 g/mol. The van der Waals surface area contributed by atoms with E-state index in [1.165, 1.54) is 37.5 Å². The van der Waals surface area contributed by atoms with Crippen LogP contribution in [0.4, 0.5) is 19.0 Å². The number of halogens is 3. The lowest BCUT2D eigenvalue weighted by Gasteiger charge is -2.09. The van der Waals surface area contributed by atoms with Gasteiger partial charge in [-0.05, 0) is 36.2 Å². The van der Waals surface area contributed by atoms with Crippen LogP contribution in [0.1, 0.15) is 19.5 Å². The van der Waals surface area contributed by atoms with Gasteiger partial charge in [0.2, 0.25) is 11.5 Å². The molecule has 3 aromatic heterocycles. The maximum Gasteiger partial charge on any atom is 0.435 e. The molecule has 7 nitrogen and oxygen atoms in total. The number of alkyl halides is 3. The van der Waals surface area contributed by atoms with Gasteiger partial charge in [-0.15, -0.1) is 0 Å². The molecule has 0 aliphatic rings. The summed E-state index contributed by atoms with van der Waals surface area (Å²) in [7, 11) is 0. The van der Waals surface area contributed by atoms with Gasteiger partial charge in [-0.1, -0.05) is 0 Å². The molecule has 0 atom stereocenters. The number of nitrogens with one attached hydrogen (secondary N) is 2. The highest BCUT2D eigenvalue weighted by molar-refractivity contribution is 5.88. The van der Waals surface area contributed by atoms with Crippen LogP contribution in [0.2, 0.25) is 0 Å². The molecule has 10 heteroatoms. The van der Waals surface area contributed by atoms with E-state index in [4.69, 9.17) is 0 Å². The van der Waals surface area contributed by atoms with Gasteiger partial charge in [-0.3, -0.25) is 14.3 Å². The van der Waals surface area contributed by atoms with Crippen molar-refractivity contribution in [3.63, 3.8) is 0 Å². The zero-order valence-corrected chi connectivity index (χ0v) is 15.0. The summed E-state index contributed by atoms with van der Waals surface area (Å²) in [5, 5.41) is 6.09. The number of H-pyrrole nitrogens is 1. The van der Waals surface area contributed by atoms with Crippen molar-refractivity contribution >= 4 is 11.7 Å². The molecule has 0 fully saturated rings. The minimum atomic E-state index is -4.67. The summed E-state index contributed by atoms with van der Waals surface area (Å²) in [6.07, 6.45) is -2.00. The average Bonchev–Trinajstić information content (AvgIpc) is 3.06. The lowest BCUT2D eigenvalue weighted by Crippen LogP contribution is -2.11. The molecule has 3 heterocycles. The third-order valence-electron chi connectivity index (χ3n) is 3.89. The topological polar surface area (TPSA) is 92.7 Å². The fraction of sp³-hybridized carbons (Fsp3) is 0.222. The van der Waals surface area contributed by atoms with Crippen molar-refractivity contribution in [2.75, 3.05) is 5.32 Å². The molecule has 3 rings (SSSR count). The number of aromatic nitrogens is 4. The summed E-state index contributed by atoms with van der Waals surface area (Å²) in [6, 6.07) is 5.80. The highest BCUT2D eigenvalue weighted by Crippen LogP contribution is 2.36. The minimum Gasteiger partial charge on any atom is -0.322 e. The number of hydrogen-bond donors (Lipinski definition) is 2. The molecule has 0 aliphatic heterocycles. The van der Waals surface area contributed by atoms with Gasteiger partial charge in [0.25, 0.3) is 0 Å². The zero-order chi connectivity index (χ0) is 20.5. The minimum absolute atomic E-state index is 0.00702. The molecule has 28 heavy (non-hydrogen) atoms. The van der Waals surface area contributed by atoms with Crippen molar-refractivity contribution in [3.05, 3.63) is 52.7 Å². The standard InChI is InChI=1S/C18H16F3N5O2/c1-3-26-9-13(17(25-26)18(19,20)21)14-6-12(8-16(28)24-14)11-4-5-22-15(7-11)23-10(2)27/h4-9H,3H2,1-2H3,(H,24,28)(H,22,23,27). The fourth-order valence-corrected chi connectivity index (χ4v) is 2.70. The SMILES string of the molecule is CCn1cc(-c2cc(-c3ccnc(NC(C)=O)c3)cc(=O)[nH]2)c(C(F)(F)F)n1. The molecule has 0 saturated carbocycles. The fourth-order valence-electron chi connectivity index (χ4n) is 2.70. The Hall–Kier alpha value is -3.43. The van der Waals surface area contributed by atoms with Crippen LogP contribution >= 0.6 is 0 Å². The average molecular weight is 391 g/mol. The molecular weight excluding hydrogens is 375 g/mol. The van der Waals surface area contributed by atoms with Crippen LogP contribution in [0, 0.1) is 0 Å².